The smallest absolute Gasteiger partial charge is 0.261 e. The van der Waals surface area contributed by atoms with Crippen molar-refractivity contribution >= 4 is 35.2 Å². The predicted molar refractivity (Wildman–Crippen MR) is 122 cm³/mol. The van der Waals surface area contributed by atoms with Gasteiger partial charge in [0.05, 0.1) is 11.1 Å². The SMILES string of the molecule is O=C(CCCN1C(=O)c2ccccc2C1=O)Nc1ccc(CSc2ccccc2)cc1. The average Bonchev–Trinajstić information content (AvgIpc) is 3.04. The van der Waals surface area contributed by atoms with Crippen LogP contribution in [-0.4, -0.2) is 29.2 Å². The highest BCUT2D eigenvalue weighted by Gasteiger charge is 2.34. The molecule has 3 aromatic rings. The van der Waals surface area contributed by atoms with E-state index in [0.717, 1.165) is 11.4 Å². The molecule has 4 rings (SSSR count). The lowest BCUT2D eigenvalue weighted by Crippen LogP contribution is -2.31. The number of carbonyl (C=O) groups excluding carboxylic acids is 3. The van der Waals surface area contributed by atoms with Gasteiger partial charge in [0, 0.05) is 29.3 Å². The lowest BCUT2D eigenvalue weighted by molar-refractivity contribution is -0.116. The van der Waals surface area contributed by atoms with Gasteiger partial charge in [-0.3, -0.25) is 19.3 Å². The maximum atomic E-state index is 12.4. The van der Waals surface area contributed by atoms with Gasteiger partial charge in [-0.1, -0.05) is 42.5 Å². The number of carbonyl (C=O) groups is 3. The summed E-state index contributed by atoms with van der Waals surface area (Å²) in [6, 6.07) is 24.8. The number of hydrogen-bond acceptors (Lipinski definition) is 4. The molecule has 0 radical (unpaired) electrons. The van der Waals surface area contributed by atoms with Crippen LogP contribution in [0.4, 0.5) is 5.69 Å². The van der Waals surface area contributed by atoms with E-state index in [9.17, 15) is 14.4 Å². The summed E-state index contributed by atoms with van der Waals surface area (Å²) in [5.41, 5.74) is 2.78. The van der Waals surface area contributed by atoms with Crippen LogP contribution >= 0.6 is 11.8 Å². The molecule has 31 heavy (non-hydrogen) atoms. The molecule has 0 aromatic heterocycles. The van der Waals surface area contributed by atoms with Crippen LogP contribution in [0, 0.1) is 0 Å². The third kappa shape index (κ3) is 5.03. The first-order valence-corrected chi connectivity index (χ1v) is 11.1. The molecular formula is C25H22N2O3S. The fourth-order valence-electron chi connectivity index (χ4n) is 3.43. The summed E-state index contributed by atoms with van der Waals surface area (Å²) >= 11 is 1.77. The summed E-state index contributed by atoms with van der Waals surface area (Å²) in [6.07, 6.45) is 0.655. The number of anilines is 1. The summed E-state index contributed by atoms with van der Waals surface area (Å²) in [6.45, 7) is 0.232. The van der Waals surface area contributed by atoms with E-state index in [1.165, 1.54) is 15.4 Å². The Morgan fingerprint density at radius 1 is 0.806 bits per heavy atom. The first-order valence-electron chi connectivity index (χ1n) is 10.1. The van der Waals surface area contributed by atoms with Crippen LogP contribution in [0.2, 0.25) is 0 Å². The molecule has 1 aliphatic rings. The van der Waals surface area contributed by atoms with E-state index in [1.54, 1.807) is 36.0 Å². The first-order chi connectivity index (χ1) is 15.1. The van der Waals surface area contributed by atoms with Crippen molar-refractivity contribution < 1.29 is 14.4 Å². The summed E-state index contributed by atoms with van der Waals surface area (Å²) in [5.74, 6) is 0.149. The molecule has 1 aliphatic heterocycles. The Balaban J connectivity index is 1.22. The standard InChI is InChI=1S/C25H22N2O3S/c28-23(11-6-16-27-24(29)21-9-4-5-10-22(21)25(27)30)26-19-14-12-18(13-15-19)17-31-20-7-2-1-3-8-20/h1-5,7-10,12-15H,6,11,16-17H2,(H,26,28). The molecule has 3 aromatic carbocycles. The Morgan fingerprint density at radius 3 is 2.06 bits per heavy atom. The highest BCUT2D eigenvalue weighted by Crippen LogP contribution is 2.24. The van der Waals surface area contributed by atoms with Crippen LogP contribution in [0.5, 0.6) is 0 Å². The lowest BCUT2D eigenvalue weighted by Gasteiger charge is -2.13. The number of benzene rings is 3. The van der Waals surface area contributed by atoms with Crippen molar-refractivity contribution in [3.8, 4) is 0 Å². The minimum absolute atomic E-state index is 0.136. The van der Waals surface area contributed by atoms with Crippen molar-refractivity contribution in [2.45, 2.75) is 23.5 Å². The second-order valence-electron chi connectivity index (χ2n) is 7.26. The van der Waals surface area contributed by atoms with Crippen LogP contribution in [-0.2, 0) is 10.5 Å². The number of hydrogen-bond donors (Lipinski definition) is 1. The van der Waals surface area contributed by atoms with E-state index in [4.69, 9.17) is 0 Å². The molecule has 0 bridgehead atoms. The van der Waals surface area contributed by atoms with Crippen LogP contribution in [0.1, 0.15) is 39.1 Å². The van der Waals surface area contributed by atoms with Gasteiger partial charge < -0.3 is 5.32 Å². The number of fused-ring (bicyclic) bond motifs is 1. The molecule has 0 aliphatic carbocycles. The van der Waals surface area contributed by atoms with Crippen molar-refractivity contribution in [1.82, 2.24) is 4.90 Å². The Labute approximate surface area is 185 Å². The maximum absolute atomic E-state index is 12.4. The van der Waals surface area contributed by atoms with Gasteiger partial charge >= 0.3 is 0 Å². The summed E-state index contributed by atoms with van der Waals surface area (Å²) < 4.78 is 0. The molecule has 0 fully saturated rings. The molecule has 0 unspecified atom stereocenters. The van der Waals surface area contributed by atoms with Crippen molar-refractivity contribution in [2.75, 3.05) is 11.9 Å². The predicted octanol–water partition coefficient (Wildman–Crippen LogP) is 4.99. The lowest BCUT2D eigenvalue weighted by atomic mass is 10.1. The maximum Gasteiger partial charge on any atom is 0.261 e. The number of imide groups is 1. The van der Waals surface area contributed by atoms with Gasteiger partial charge in [-0.05, 0) is 48.4 Å². The van der Waals surface area contributed by atoms with E-state index in [2.05, 4.69) is 17.4 Å². The fraction of sp³-hybridized carbons (Fsp3) is 0.160. The first kappa shape index (κ1) is 20.9. The topological polar surface area (TPSA) is 66.5 Å². The fourth-order valence-corrected chi connectivity index (χ4v) is 4.31. The molecule has 0 saturated carbocycles. The van der Waals surface area contributed by atoms with E-state index in [0.29, 0.717) is 17.5 Å². The molecule has 3 amide bonds. The molecule has 1 heterocycles. The highest BCUT2D eigenvalue weighted by atomic mass is 32.2. The Bertz CT molecular complexity index is 1060. The van der Waals surface area contributed by atoms with E-state index < -0.39 is 0 Å². The zero-order valence-corrected chi connectivity index (χ0v) is 17.7. The van der Waals surface area contributed by atoms with Crippen molar-refractivity contribution in [1.29, 1.82) is 0 Å². The molecule has 1 N–H and O–H groups in total. The van der Waals surface area contributed by atoms with E-state index in [-0.39, 0.29) is 30.7 Å². The van der Waals surface area contributed by atoms with E-state index in [1.807, 2.05) is 42.5 Å². The number of rotatable bonds is 8. The summed E-state index contributed by atoms with van der Waals surface area (Å²) in [7, 11) is 0. The molecule has 6 heteroatoms. The Morgan fingerprint density at radius 2 is 1.42 bits per heavy atom. The molecule has 5 nitrogen and oxygen atoms in total. The van der Waals surface area contributed by atoms with Gasteiger partial charge in [-0.15, -0.1) is 11.8 Å². The van der Waals surface area contributed by atoms with Gasteiger partial charge in [-0.25, -0.2) is 0 Å². The quantitative estimate of drug-likeness (QED) is 0.404. The minimum Gasteiger partial charge on any atom is -0.326 e. The van der Waals surface area contributed by atoms with Crippen LogP contribution in [0.3, 0.4) is 0 Å². The van der Waals surface area contributed by atoms with Crippen molar-refractivity contribution in [2.24, 2.45) is 0 Å². The molecular weight excluding hydrogens is 408 g/mol. The summed E-state index contributed by atoms with van der Waals surface area (Å²) in [5, 5.41) is 2.87. The van der Waals surface area contributed by atoms with Crippen molar-refractivity contribution in [3.05, 3.63) is 95.6 Å². The molecule has 156 valence electrons. The number of nitrogens with one attached hydrogen (secondary N) is 1. The Hall–Kier alpha value is -3.38. The van der Waals surface area contributed by atoms with Crippen LogP contribution < -0.4 is 5.32 Å². The second-order valence-corrected chi connectivity index (χ2v) is 8.31. The Kier molecular flexibility index (Phi) is 6.48. The normalized spacial score (nSPS) is 12.7. The van der Waals surface area contributed by atoms with Crippen molar-refractivity contribution in [3.63, 3.8) is 0 Å². The van der Waals surface area contributed by atoms with E-state index >= 15 is 0 Å². The van der Waals surface area contributed by atoms with Crippen LogP contribution in [0.15, 0.2) is 83.8 Å². The number of amides is 3. The summed E-state index contributed by atoms with van der Waals surface area (Å²) in [4.78, 5) is 39.4. The second kappa shape index (κ2) is 9.62. The average molecular weight is 431 g/mol. The molecule has 0 atom stereocenters. The van der Waals surface area contributed by atoms with Gasteiger partial charge in [0.25, 0.3) is 11.8 Å². The highest BCUT2D eigenvalue weighted by molar-refractivity contribution is 7.98. The monoisotopic (exact) mass is 430 g/mol. The number of nitrogens with zero attached hydrogens (tertiary/aromatic N) is 1. The van der Waals surface area contributed by atoms with Gasteiger partial charge in [0.1, 0.15) is 0 Å². The molecule has 0 saturated heterocycles. The third-order valence-electron chi connectivity index (χ3n) is 5.05. The zero-order chi connectivity index (χ0) is 21.6. The molecule has 0 spiro atoms. The largest absolute Gasteiger partial charge is 0.326 e. The van der Waals surface area contributed by atoms with Gasteiger partial charge in [-0.2, -0.15) is 0 Å². The van der Waals surface area contributed by atoms with Gasteiger partial charge in [0.15, 0.2) is 0 Å². The minimum atomic E-state index is -0.287. The third-order valence-corrected chi connectivity index (χ3v) is 6.13. The van der Waals surface area contributed by atoms with Gasteiger partial charge in [0.2, 0.25) is 5.91 Å². The zero-order valence-electron chi connectivity index (χ0n) is 16.9. The number of thioether (sulfide) groups is 1. The van der Waals surface area contributed by atoms with Crippen LogP contribution in [0.25, 0.3) is 0 Å².